The first-order valence-electron chi connectivity index (χ1n) is 11.0. The Labute approximate surface area is 205 Å². The van der Waals surface area contributed by atoms with Gasteiger partial charge in [0, 0.05) is 18.3 Å². The summed E-state index contributed by atoms with van der Waals surface area (Å²) in [6.07, 6.45) is 2.26. The first-order valence-corrected chi connectivity index (χ1v) is 11.0. The molecule has 4 unspecified atom stereocenters. The molecule has 0 saturated carbocycles. The summed E-state index contributed by atoms with van der Waals surface area (Å²) < 4.78 is 0. The Morgan fingerprint density at radius 1 is 0.917 bits per heavy atom. The van der Waals surface area contributed by atoms with E-state index in [0.29, 0.717) is 18.5 Å². The zero-order chi connectivity index (χ0) is 27.3. The van der Waals surface area contributed by atoms with Gasteiger partial charge in [0.1, 0.15) is 18.1 Å². The van der Waals surface area contributed by atoms with Crippen molar-refractivity contribution in [3.8, 4) is 0 Å². The third kappa shape index (κ3) is 10.9. The zero-order valence-electron chi connectivity index (χ0n) is 19.4. The fourth-order valence-corrected chi connectivity index (χ4v) is 3.10. The molecular weight excluding hydrogens is 480 g/mol. The number of unbranched alkanes of at least 4 members (excludes halogenated alkanes) is 1. The number of H-pyrrole nitrogens is 1. The number of carbonyl (C=O) groups excluding carboxylic acids is 4. The van der Waals surface area contributed by atoms with Crippen molar-refractivity contribution in [2.75, 3.05) is 6.54 Å². The van der Waals surface area contributed by atoms with Gasteiger partial charge in [-0.05, 0) is 25.8 Å². The number of amides is 4. The smallest absolute Gasteiger partial charge is 0.326 e. The Balaban J connectivity index is 2.96. The first kappa shape index (κ1) is 30.0. The number of aromatic nitrogens is 2. The van der Waals surface area contributed by atoms with Gasteiger partial charge >= 0.3 is 11.9 Å². The van der Waals surface area contributed by atoms with Crippen molar-refractivity contribution >= 4 is 35.6 Å². The van der Waals surface area contributed by atoms with Gasteiger partial charge in [-0.15, -0.1) is 0 Å². The van der Waals surface area contributed by atoms with Crippen molar-refractivity contribution in [3.63, 3.8) is 0 Å². The van der Waals surface area contributed by atoms with Crippen LogP contribution in [-0.2, 0) is 35.2 Å². The number of carbonyl (C=O) groups is 6. The van der Waals surface area contributed by atoms with E-state index in [1.54, 1.807) is 0 Å². The van der Waals surface area contributed by atoms with Crippen LogP contribution in [-0.4, -0.2) is 86.5 Å². The normalized spacial score (nSPS) is 14.1. The third-order valence-corrected chi connectivity index (χ3v) is 4.94. The van der Waals surface area contributed by atoms with Crippen LogP contribution in [0.2, 0.25) is 0 Å². The fourth-order valence-electron chi connectivity index (χ4n) is 3.10. The van der Waals surface area contributed by atoms with Crippen molar-refractivity contribution in [2.45, 2.75) is 62.7 Å². The van der Waals surface area contributed by atoms with Crippen molar-refractivity contribution in [1.82, 2.24) is 25.9 Å². The summed E-state index contributed by atoms with van der Waals surface area (Å²) in [7, 11) is 0. The maximum absolute atomic E-state index is 12.9. The van der Waals surface area contributed by atoms with E-state index in [0.717, 1.165) is 0 Å². The number of nitrogens with zero attached hydrogens (tertiary/aromatic N) is 1. The molecule has 4 amide bonds. The zero-order valence-corrected chi connectivity index (χ0v) is 19.4. The summed E-state index contributed by atoms with van der Waals surface area (Å²) in [5.41, 5.74) is 17.1. The van der Waals surface area contributed by atoms with Crippen molar-refractivity contribution < 1.29 is 39.0 Å². The average Bonchev–Trinajstić information content (AvgIpc) is 3.29. The highest BCUT2D eigenvalue weighted by atomic mass is 16.4. The molecule has 200 valence electrons. The molecule has 0 aromatic carbocycles. The van der Waals surface area contributed by atoms with E-state index >= 15 is 0 Å². The highest BCUT2D eigenvalue weighted by molar-refractivity contribution is 5.96. The molecule has 0 fully saturated rings. The molecule has 1 aromatic rings. The second kappa shape index (κ2) is 15.0. The van der Waals surface area contributed by atoms with E-state index < -0.39 is 72.6 Å². The Morgan fingerprint density at radius 2 is 1.53 bits per heavy atom. The molecule has 0 radical (unpaired) electrons. The molecule has 36 heavy (non-hydrogen) atoms. The lowest BCUT2D eigenvalue weighted by Gasteiger charge is -2.24. The molecule has 0 saturated heterocycles. The molecule has 0 spiro atoms. The average molecular weight is 513 g/mol. The maximum Gasteiger partial charge on any atom is 0.326 e. The van der Waals surface area contributed by atoms with E-state index in [1.807, 2.05) is 0 Å². The van der Waals surface area contributed by atoms with Gasteiger partial charge in [0.15, 0.2) is 0 Å². The van der Waals surface area contributed by atoms with Gasteiger partial charge < -0.3 is 48.3 Å². The molecule has 0 aliphatic heterocycles. The summed E-state index contributed by atoms with van der Waals surface area (Å²) in [5, 5.41) is 24.8. The molecule has 1 rings (SSSR count). The van der Waals surface area contributed by atoms with Gasteiger partial charge in [-0.2, -0.15) is 0 Å². The lowest BCUT2D eigenvalue weighted by molar-refractivity contribution is -0.147. The monoisotopic (exact) mass is 512 g/mol. The standard InChI is InChI=1S/C20H32N8O8/c21-4-2-1-3-12(18(33)28-14(20(35)36)7-16(30)31)26-19(34)13(6-15(23)29)27-17(32)11(22)5-10-8-24-9-25-10/h8-9,11-14H,1-7,21-22H2,(H2,23,29)(H,24,25)(H,26,34)(H,27,32)(H,28,33)(H,30,31)(H,35,36). The summed E-state index contributed by atoms with van der Waals surface area (Å²) in [4.78, 5) is 78.4. The van der Waals surface area contributed by atoms with Gasteiger partial charge in [0.25, 0.3) is 0 Å². The van der Waals surface area contributed by atoms with E-state index in [1.165, 1.54) is 12.5 Å². The number of hydrogen-bond acceptors (Lipinski definition) is 9. The first-order chi connectivity index (χ1) is 16.9. The number of nitrogens with one attached hydrogen (secondary N) is 4. The molecule has 4 atom stereocenters. The molecule has 16 nitrogen and oxygen atoms in total. The van der Waals surface area contributed by atoms with Crippen molar-refractivity contribution in [2.24, 2.45) is 17.2 Å². The van der Waals surface area contributed by atoms with Crippen LogP contribution < -0.4 is 33.2 Å². The Bertz CT molecular complexity index is 923. The van der Waals surface area contributed by atoms with E-state index in [2.05, 4.69) is 25.9 Å². The molecule has 0 bridgehead atoms. The Kier molecular flexibility index (Phi) is 12.5. The summed E-state index contributed by atoms with van der Waals surface area (Å²) in [6, 6.07) is -5.65. The molecular formula is C20H32N8O8. The number of aliphatic carboxylic acids is 2. The van der Waals surface area contributed by atoms with Crippen LogP contribution in [0, 0.1) is 0 Å². The van der Waals surface area contributed by atoms with Crippen LogP contribution in [0.15, 0.2) is 12.5 Å². The summed E-state index contributed by atoms with van der Waals surface area (Å²) >= 11 is 0. The van der Waals surface area contributed by atoms with E-state index in [9.17, 15) is 33.9 Å². The lowest BCUT2D eigenvalue weighted by Crippen LogP contribution is -2.58. The second-order valence-corrected chi connectivity index (χ2v) is 7.96. The number of carboxylic acid groups (broad SMARTS) is 2. The quantitative estimate of drug-likeness (QED) is 0.0915. The van der Waals surface area contributed by atoms with Crippen molar-refractivity contribution in [1.29, 1.82) is 0 Å². The number of aromatic amines is 1. The number of nitrogens with two attached hydrogens (primary N) is 3. The lowest BCUT2D eigenvalue weighted by atomic mass is 10.1. The van der Waals surface area contributed by atoms with Crippen LogP contribution in [0.1, 0.15) is 37.8 Å². The molecule has 12 N–H and O–H groups in total. The fraction of sp³-hybridized carbons (Fsp3) is 0.550. The van der Waals surface area contributed by atoms with Crippen LogP contribution >= 0.6 is 0 Å². The van der Waals surface area contributed by atoms with Crippen LogP contribution in [0.25, 0.3) is 0 Å². The van der Waals surface area contributed by atoms with Gasteiger partial charge in [-0.1, -0.05) is 0 Å². The van der Waals surface area contributed by atoms with Gasteiger partial charge in [0.2, 0.25) is 23.6 Å². The summed E-state index contributed by atoms with van der Waals surface area (Å²) in [6.45, 7) is 0.285. The SMILES string of the molecule is NCCCCC(NC(=O)C(CC(N)=O)NC(=O)C(N)Cc1cnc[nH]1)C(=O)NC(CC(=O)O)C(=O)O. The largest absolute Gasteiger partial charge is 0.481 e. The third-order valence-electron chi connectivity index (χ3n) is 4.94. The minimum absolute atomic E-state index is 0.0186. The number of hydrogen-bond donors (Lipinski definition) is 9. The molecule has 1 aromatic heterocycles. The Morgan fingerprint density at radius 3 is 2.06 bits per heavy atom. The predicted octanol–water partition coefficient (Wildman–Crippen LogP) is -3.70. The topological polar surface area (TPSA) is 286 Å². The Hall–Kier alpha value is -4.05. The van der Waals surface area contributed by atoms with Crippen molar-refractivity contribution in [3.05, 3.63) is 18.2 Å². The molecule has 16 heteroatoms. The predicted molar refractivity (Wildman–Crippen MR) is 123 cm³/mol. The van der Waals surface area contributed by atoms with Crippen LogP contribution in [0.3, 0.4) is 0 Å². The second-order valence-electron chi connectivity index (χ2n) is 7.96. The molecule has 0 aliphatic rings. The number of carboxylic acids is 2. The van der Waals surface area contributed by atoms with Crippen LogP contribution in [0.4, 0.5) is 0 Å². The number of imidazole rings is 1. The molecule has 0 aliphatic carbocycles. The number of primary amides is 1. The van der Waals surface area contributed by atoms with Gasteiger partial charge in [-0.3, -0.25) is 24.0 Å². The summed E-state index contributed by atoms with van der Waals surface area (Å²) in [5.74, 6) is -6.65. The maximum atomic E-state index is 12.9. The highest BCUT2D eigenvalue weighted by Crippen LogP contribution is 2.05. The van der Waals surface area contributed by atoms with E-state index in [4.69, 9.17) is 22.3 Å². The number of rotatable bonds is 17. The minimum atomic E-state index is -1.74. The van der Waals surface area contributed by atoms with E-state index in [-0.39, 0.29) is 19.4 Å². The van der Waals surface area contributed by atoms with Gasteiger partial charge in [0.05, 0.1) is 25.2 Å². The highest BCUT2D eigenvalue weighted by Gasteiger charge is 2.31. The van der Waals surface area contributed by atoms with Gasteiger partial charge in [-0.25, -0.2) is 9.78 Å². The minimum Gasteiger partial charge on any atom is -0.481 e. The van der Waals surface area contributed by atoms with Crippen LogP contribution in [0.5, 0.6) is 0 Å². The molecule has 1 heterocycles.